The van der Waals surface area contributed by atoms with E-state index in [1.54, 1.807) is 31.4 Å². The molecule has 0 bridgehead atoms. The van der Waals surface area contributed by atoms with Crippen LogP contribution in [0.1, 0.15) is 31.8 Å². The summed E-state index contributed by atoms with van der Waals surface area (Å²) < 4.78 is 5.22. The van der Waals surface area contributed by atoms with E-state index in [-0.39, 0.29) is 5.78 Å². The van der Waals surface area contributed by atoms with Crippen molar-refractivity contribution in [1.29, 1.82) is 0 Å². The molecule has 0 radical (unpaired) electrons. The molecule has 3 aromatic rings. The highest BCUT2D eigenvalue weighted by atomic mass is 16.5. The number of anilines is 1. The molecule has 138 valence electrons. The summed E-state index contributed by atoms with van der Waals surface area (Å²) in [5, 5.41) is 3.35. The molecule has 0 saturated heterocycles. The Labute approximate surface area is 162 Å². The van der Waals surface area contributed by atoms with Crippen molar-refractivity contribution in [1.82, 2.24) is 0 Å². The average molecular weight is 370 g/mol. The highest BCUT2D eigenvalue weighted by Gasteiger charge is 2.30. The van der Waals surface area contributed by atoms with E-state index in [1.165, 1.54) is 0 Å². The monoisotopic (exact) mass is 370 g/mol. The molecule has 28 heavy (non-hydrogen) atoms. The van der Waals surface area contributed by atoms with Gasteiger partial charge in [-0.25, -0.2) is 0 Å². The second kappa shape index (κ2) is 7.04. The minimum atomic E-state index is -0.480. The molecule has 1 amide bonds. The highest BCUT2D eigenvalue weighted by molar-refractivity contribution is 6.40. The summed E-state index contributed by atoms with van der Waals surface area (Å²) in [6.45, 7) is 0. The van der Waals surface area contributed by atoms with E-state index in [2.05, 4.69) is 5.32 Å². The van der Waals surface area contributed by atoms with Gasteiger partial charge in [0.15, 0.2) is 5.78 Å². The Morgan fingerprint density at radius 2 is 1.54 bits per heavy atom. The third-order valence-corrected chi connectivity index (χ3v) is 4.74. The molecule has 1 aliphatic rings. The number of ether oxygens (including phenoxy) is 1. The van der Waals surface area contributed by atoms with Gasteiger partial charge in [0.05, 0.1) is 18.4 Å². The number of methoxy groups -OCH3 is 1. The van der Waals surface area contributed by atoms with Crippen LogP contribution < -0.4 is 15.8 Å². The van der Waals surface area contributed by atoms with E-state index < -0.39 is 5.91 Å². The van der Waals surface area contributed by atoms with Crippen LogP contribution in [0.5, 0.6) is 5.75 Å². The first-order valence-corrected chi connectivity index (χ1v) is 8.78. The van der Waals surface area contributed by atoms with Crippen LogP contribution >= 0.6 is 0 Å². The lowest BCUT2D eigenvalue weighted by atomic mass is 10.0. The number of hydrogen-bond donors (Lipinski definition) is 2. The number of fused-ring (bicyclic) bond motifs is 1. The molecule has 1 aliphatic carbocycles. The maximum absolute atomic E-state index is 13.1. The van der Waals surface area contributed by atoms with Crippen molar-refractivity contribution < 1.29 is 14.3 Å². The van der Waals surface area contributed by atoms with Crippen molar-refractivity contribution in [2.24, 2.45) is 5.73 Å². The average Bonchev–Trinajstić information content (AvgIpc) is 3.00. The van der Waals surface area contributed by atoms with Crippen LogP contribution in [0.2, 0.25) is 0 Å². The van der Waals surface area contributed by atoms with E-state index in [0.29, 0.717) is 16.7 Å². The third-order valence-electron chi connectivity index (χ3n) is 4.74. The first-order chi connectivity index (χ1) is 13.6. The Hall–Kier alpha value is -3.86. The largest absolute Gasteiger partial charge is 0.497 e. The highest BCUT2D eigenvalue weighted by Crippen LogP contribution is 2.39. The number of nitrogens with two attached hydrogens (primary N) is 1. The number of ketones is 1. The molecule has 3 aromatic carbocycles. The maximum Gasteiger partial charge on any atom is 0.248 e. The molecule has 0 aromatic heterocycles. The number of rotatable bonds is 5. The fourth-order valence-corrected chi connectivity index (χ4v) is 3.31. The molecule has 5 heteroatoms. The van der Waals surface area contributed by atoms with Crippen LogP contribution in [-0.2, 0) is 0 Å². The number of allylic oxidation sites excluding steroid dienone is 1. The summed E-state index contributed by atoms with van der Waals surface area (Å²) in [5.41, 5.74) is 10.1. The molecule has 0 atom stereocenters. The van der Waals surface area contributed by atoms with E-state index in [4.69, 9.17) is 10.5 Å². The predicted molar refractivity (Wildman–Crippen MR) is 109 cm³/mol. The lowest BCUT2D eigenvalue weighted by Gasteiger charge is -2.12. The maximum atomic E-state index is 13.1. The normalized spacial score (nSPS) is 12.7. The summed E-state index contributed by atoms with van der Waals surface area (Å²) in [5.74, 6) is 0.215. The molecule has 0 saturated carbocycles. The van der Waals surface area contributed by atoms with Gasteiger partial charge in [-0.3, -0.25) is 9.59 Å². The van der Waals surface area contributed by atoms with E-state index in [0.717, 1.165) is 28.3 Å². The number of amides is 1. The summed E-state index contributed by atoms with van der Waals surface area (Å²) in [6, 6.07) is 21.8. The van der Waals surface area contributed by atoms with Gasteiger partial charge < -0.3 is 15.8 Å². The standard InChI is InChI=1S/C23H18N2O3/c1-28-17-12-8-14(9-13-17)20-21(18-4-2-3-5-19(18)22(20)26)25-16-10-6-15(7-11-16)23(24)27/h2-13,25H,1H3,(H2,24,27). The van der Waals surface area contributed by atoms with Crippen molar-refractivity contribution >= 4 is 28.6 Å². The molecule has 0 unspecified atom stereocenters. The quantitative estimate of drug-likeness (QED) is 0.712. The van der Waals surface area contributed by atoms with Crippen molar-refractivity contribution in [2.75, 3.05) is 12.4 Å². The minimum absolute atomic E-state index is 0.0305. The molecule has 3 N–H and O–H groups in total. The van der Waals surface area contributed by atoms with Gasteiger partial charge >= 0.3 is 0 Å². The smallest absolute Gasteiger partial charge is 0.248 e. The number of hydrogen-bond acceptors (Lipinski definition) is 4. The summed E-state index contributed by atoms with van der Waals surface area (Å²) in [7, 11) is 1.60. The fourth-order valence-electron chi connectivity index (χ4n) is 3.31. The van der Waals surface area contributed by atoms with Gasteiger partial charge in [0.2, 0.25) is 5.91 Å². The second-order valence-corrected chi connectivity index (χ2v) is 6.42. The molecule has 0 aliphatic heterocycles. The summed E-state index contributed by atoms with van der Waals surface area (Å²) in [6.07, 6.45) is 0. The van der Waals surface area contributed by atoms with Crippen molar-refractivity contribution in [3.05, 3.63) is 95.1 Å². The Morgan fingerprint density at radius 1 is 0.893 bits per heavy atom. The molecule has 0 heterocycles. The first kappa shape index (κ1) is 17.5. The van der Waals surface area contributed by atoms with Crippen molar-refractivity contribution in [3.63, 3.8) is 0 Å². The number of carbonyl (C=O) groups is 2. The zero-order valence-electron chi connectivity index (χ0n) is 15.2. The lowest BCUT2D eigenvalue weighted by Crippen LogP contribution is -2.10. The fraction of sp³-hybridized carbons (Fsp3) is 0.0435. The molecule has 0 spiro atoms. The van der Waals surface area contributed by atoms with Crippen LogP contribution in [0.3, 0.4) is 0 Å². The third kappa shape index (κ3) is 3.03. The zero-order chi connectivity index (χ0) is 19.7. The Balaban J connectivity index is 1.80. The molecule has 4 rings (SSSR count). The summed E-state index contributed by atoms with van der Waals surface area (Å²) >= 11 is 0. The van der Waals surface area contributed by atoms with Crippen LogP contribution in [0, 0.1) is 0 Å². The Kier molecular flexibility index (Phi) is 4.41. The van der Waals surface area contributed by atoms with Gasteiger partial charge in [-0.1, -0.05) is 36.4 Å². The molecular weight excluding hydrogens is 352 g/mol. The summed E-state index contributed by atoms with van der Waals surface area (Å²) in [4.78, 5) is 24.4. The van der Waals surface area contributed by atoms with Gasteiger partial charge in [0, 0.05) is 22.4 Å². The van der Waals surface area contributed by atoms with Crippen LogP contribution in [0.25, 0.3) is 11.3 Å². The lowest BCUT2D eigenvalue weighted by molar-refractivity contribution is 0.0999. The number of Topliss-reactive ketones (excluding diaryl/α,β-unsaturated/α-hetero) is 1. The van der Waals surface area contributed by atoms with Crippen LogP contribution in [0.4, 0.5) is 5.69 Å². The molecular formula is C23H18N2O3. The van der Waals surface area contributed by atoms with Gasteiger partial charge in [-0.15, -0.1) is 0 Å². The predicted octanol–water partition coefficient (Wildman–Crippen LogP) is 3.97. The zero-order valence-corrected chi connectivity index (χ0v) is 15.2. The van der Waals surface area contributed by atoms with Crippen molar-refractivity contribution in [3.8, 4) is 5.75 Å². The van der Waals surface area contributed by atoms with E-state index in [1.807, 2.05) is 48.5 Å². The number of primary amides is 1. The Morgan fingerprint density at radius 3 is 2.14 bits per heavy atom. The molecule has 0 fully saturated rings. The second-order valence-electron chi connectivity index (χ2n) is 6.42. The number of carbonyl (C=O) groups excluding carboxylic acids is 2. The Bertz CT molecular complexity index is 1100. The first-order valence-electron chi connectivity index (χ1n) is 8.78. The number of nitrogens with one attached hydrogen (secondary N) is 1. The topological polar surface area (TPSA) is 81.4 Å². The van der Waals surface area contributed by atoms with Crippen LogP contribution in [0.15, 0.2) is 72.8 Å². The SMILES string of the molecule is COc1ccc(C2=C(Nc3ccc(C(N)=O)cc3)c3ccccc3C2=O)cc1. The van der Waals surface area contributed by atoms with Gasteiger partial charge in [0.25, 0.3) is 0 Å². The van der Waals surface area contributed by atoms with Gasteiger partial charge in [-0.05, 0) is 42.0 Å². The van der Waals surface area contributed by atoms with E-state index in [9.17, 15) is 9.59 Å². The minimum Gasteiger partial charge on any atom is -0.497 e. The van der Waals surface area contributed by atoms with Gasteiger partial charge in [0.1, 0.15) is 5.75 Å². The van der Waals surface area contributed by atoms with E-state index >= 15 is 0 Å². The van der Waals surface area contributed by atoms with Gasteiger partial charge in [-0.2, -0.15) is 0 Å². The number of benzene rings is 3. The molecule has 5 nitrogen and oxygen atoms in total. The van der Waals surface area contributed by atoms with Crippen molar-refractivity contribution in [2.45, 2.75) is 0 Å². The van der Waals surface area contributed by atoms with Crippen LogP contribution in [-0.4, -0.2) is 18.8 Å².